The Morgan fingerprint density at radius 3 is 2.87 bits per heavy atom. The number of aliphatic hydroxyl groups excluding tert-OH is 1. The van der Waals surface area contributed by atoms with E-state index in [0.717, 1.165) is 42.4 Å². The Hall–Kier alpha value is -2.77. The molecule has 0 radical (unpaired) electrons. The van der Waals surface area contributed by atoms with Crippen LogP contribution in [0.15, 0.2) is 30.5 Å². The first-order valence-electron chi connectivity index (χ1n) is 10.5. The normalized spacial score (nSPS) is 18.5. The van der Waals surface area contributed by atoms with Gasteiger partial charge in [-0.05, 0) is 69.5 Å². The van der Waals surface area contributed by atoms with Crippen molar-refractivity contribution in [2.24, 2.45) is 0 Å². The van der Waals surface area contributed by atoms with Crippen molar-refractivity contribution in [3.63, 3.8) is 0 Å². The molecule has 1 aliphatic heterocycles. The summed E-state index contributed by atoms with van der Waals surface area (Å²) < 4.78 is 0. The van der Waals surface area contributed by atoms with Crippen LogP contribution in [-0.2, 0) is 0 Å². The number of aromatic nitrogens is 3. The number of phenolic OH excluding ortho intramolecular Hbond substituents is 1. The highest BCUT2D eigenvalue weighted by molar-refractivity contribution is 5.98. The average Bonchev–Trinajstić information content (AvgIpc) is 2.74. The maximum atomic E-state index is 10.6. The van der Waals surface area contributed by atoms with Crippen LogP contribution in [0.1, 0.15) is 30.9 Å². The van der Waals surface area contributed by atoms with E-state index in [1.807, 2.05) is 39.0 Å². The van der Waals surface area contributed by atoms with Gasteiger partial charge in [0, 0.05) is 35.8 Å². The number of aryl methyl sites for hydroxylation is 2. The molecule has 30 heavy (non-hydrogen) atoms. The van der Waals surface area contributed by atoms with Crippen LogP contribution in [0.4, 0.5) is 5.82 Å². The number of hydrogen-bond acceptors (Lipinski definition) is 7. The molecular formula is C23H29N5O2. The molecule has 3 aromatic rings. The maximum Gasteiger partial charge on any atom is 0.158 e. The molecule has 1 aromatic carbocycles. The Kier molecular flexibility index (Phi) is 5.83. The van der Waals surface area contributed by atoms with E-state index < -0.39 is 0 Å². The Morgan fingerprint density at radius 1 is 1.27 bits per heavy atom. The largest absolute Gasteiger partial charge is 0.507 e. The van der Waals surface area contributed by atoms with Crippen LogP contribution in [0.2, 0.25) is 0 Å². The van der Waals surface area contributed by atoms with Gasteiger partial charge >= 0.3 is 0 Å². The molecule has 0 aliphatic carbocycles. The summed E-state index contributed by atoms with van der Waals surface area (Å²) in [6.45, 7) is 7.98. The monoisotopic (exact) mass is 407 g/mol. The molecule has 0 amide bonds. The van der Waals surface area contributed by atoms with Gasteiger partial charge in [-0.3, -0.25) is 9.88 Å². The van der Waals surface area contributed by atoms with Gasteiger partial charge in [-0.25, -0.2) is 0 Å². The van der Waals surface area contributed by atoms with Gasteiger partial charge in [0.15, 0.2) is 5.82 Å². The second-order valence-corrected chi connectivity index (χ2v) is 8.28. The van der Waals surface area contributed by atoms with Crippen LogP contribution >= 0.6 is 0 Å². The van der Waals surface area contributed by atoms with Crippen molar-refractivity contribution in [1.29, 1.82) is 0 Å². The number of anilines is 1. The fraction of sp³-hybridized carbons (Fsp3) is 0.435. The lowest BCUT2D eigenvalue weighted by Gasteiger charge is -2.36. The fourth-order valence-electron chi connectivity index (χ4n) is 4.35. The number of aromatic hydroxyl groups is 1. The lowest BCUT2D eigenvalue weighted by molar-refractivity contribution is 0.110. The third-order valence-corrected chi connectivity index (χ3v) is 5.91. The predicted molar refractivity (Wildman–Crippen MR) is 119 cm³/mol. The van der Waals surface area contributed by atoms with E-state index >= 15 is 0 Å². The summed E-state index contributed by atoms with van der Waals surface area (Å²) in [6.07, 6.45) is 3.85. The third kappa shape index (κ3) is 3.95. The summed E-state index contributed by atoms with van der Waals surface area (Å²) in [5.74, 6) is 0.894. The van der Waals surface area contributed by atoms with Crippen LogP contribution in [0.25, 0.3) is 22.2 Å². The standard InChI is InChI=1S/C23H29N5O2/c1-14-10-15(2)20(19(30)11-14)22-21-18(7-4-8-24-21)23(27-26-22)25-17-6-5-9-28(12-17)16(3)13-29/h4,7-8,10-11,16-17,29-30H,5-6,9,12-13H2,1-3H3,(H,25,27). The number of likely N-dealkylation sites (tertiary alicyclic amines) is 1. The molecule has 1 fully saturated rings. The molecule has 7 heteroatoms. The molecule has 7 nitrogen and oxygen atoms in total. The zero-order valence-corrected chi connectivity index (χ0v) is 17.8. The quantitative estimate of drug-likeness (QED) is 0.597. The average molecular weight is 408 g/mol. The summed E-state index contributed by atoms with van der Waals surface area (Å²) in [4.78, 5) is 6.88. The summed E-state index contributed by atoms with van der Waals surface area (Å²) in [6, 6.07) is 8.02. The van der Waals surface area contributed by atoms with Crippen molar-refractivity contribution in [3.8, 4) is 17.0 Å². The number of nitrogens with zero attached hydrogens (tertiary/aromatic N) is 4. The molecule has 0 bridgehead atoms. The van der Waals surface area contributed by atoms with Crippen molar-refractivity contribution in [3.05, 3.63) is 41.6 Å². The first kappa shape index (κ1) is 20.5. The zero-order valence-electron chi connectivity index (χ0n) is 17.8. The highest BCUT2D eigenvalue weighted by Gasteiger charge is 2.25. The number of nitrogens with one attached hydrogen (secondary N) is 1. The third-order valence-electron chi connectivity index (χ3n) is 5.91. The smallest absolute Gasteiger partial charge is 0.158 e. The van der Waals surface area contributed by atoms with E-state index in [1.165, 1.54) is 0 Å². The van der Waals surface area contributed by atoms with Crippen LogP contribution < -0.4 is 5.32 Å². The molecule has 0 saturated carbocycles. The van der Waals surface area contributed by atoms with Crippen molar-refractivity contribution >= 4 is 16.7 Å². The number of rotatable bonds is 5. The van der Waals surface area contributed by atoms with Gasteiger partial charge in [0.1, 0.15) is 17.0 Å². The van der Waals surface area contributed by atoms with Gasteiger partial charge in [-0.1, -0.05) is 6.07 Å². The number of fused-ring (bicyclic) bond motifs is 1. The molecule has 2 unspecified atom stereocenters. The molecule has 1 aliphatic rings. The lowest BCUT2D eigenvalue weighted by atomic mass is 9.99. The van der Waals surface area contributed by atoms with E-state index in [1.54, 1.807) is 12.3 Å². The zero-order chi connectivity index (χ0) is 21.3. The molecule has 2 aromatic heterocycles. The molecule has 3 N–H and O–H groups in total. The van der Waals surface area contributed by atoms with Crippen LogP contribution in [0.3, 0.4) is 0 Å². The fourth-order valence-corrected chi connectivity index (χ4v) is 4.35. The SMILES string of the molecule is Cc1cc(C)c(-c2nnc(NC3CCCN(C(C)CO)C3)c3cccnc23)c(O)c1. The first-order valence-corrected chi connectivity index (χ1v) is 10.5. The van der Waals surface area contributed by atoms with Crippen molar-refractivity contribution in [1.82, 2.24) is 20.1 Å². The highest BCUT2D eigenvalue weighted by atomic mass is 16.3. The summed E-state index contributed by atoms with van der Waals surface area (Å²) in [5, 5.41) is 33.5. The minimum Gasteiger partial charge on any atom is -0.507 e. The number of hydrogen-bond donors (Lipinski definition) is 3. The molecule has 4 rings (SSSR count). The lowest BCUT2D eigenvalue weighted by Crippen LogP contribution is -2.47. The Labute approximate surface area is 176 Å². The molecule has 158 valence electrons. The van der Waals surface area contributed by atoms with E-state index in [-0.39, 0.29) is 24.4 Å². The van der Waals surface area contributed by atoms with Gasteiger partial charge in [0.2, 0.25) is 0 Å². The molecule has 2 atom stereocenters. The van der Waals surface area contributed by atoms with E-state index in [2.05, 4.69) is 25.4 Å². The van der Waals surface area contributed by atoms with Gasteiger partial charge in [-0.15, -0.1) is 10.2 Å². The van der Waals surface area contributed by atoms with Gasteiger partial charge in [-0.2, -0.15) is 0 Å². The first-order chi connectivity index (χ1) is 14.5. The van der Waals surface area contributed by atoms with Crippen LogP contribution in [0, 0.1) is 13.8 Å². The molecule has 1 saturated heterocycles. The van der Waals surface area contributed by atoms with Gasteiger partial charge in [0.25, 0.3) is 0 Å². The minimum atomic E-state index is 0.147. The number of phenols is 1. The van der Waals surface area contributed by atoms with Gasteiger partial charge in [0.05, 0.1) is 6.61 Å². The van der Waals surface area contributed by atoms with Crippen molar-refractivity contribution in [2.75, 3.05) is 25.0 Å². The molecule has 3 heterocycles. The van der Waals surface area contributed by atoms with E-state index in [0.29, 0.717) is 22.6 Å². The molecule has 0 spiro atoms. The number of piperidine rings is 1. The van der Waals surface area contributed by atoms with Crippen molar-refractivity contribution < 1.29 is 10.2 Å². The Bertz CT molecular complexity index is 1030. The number of pyridine rings is 1. The Morgan fingerprint density at radius 2 is 2.10 bits per heavy atom. The predicted octanol–water partition coefficient (Wildman–Crippen LogP) is 3.27. The van der Waals surface area contributed by atoms with Crippen LogP contribution in [0.5, 0.6) is 5.75 Å². The summed E-state index contributed by atoms with van der Waals surface area (Å²) in [7, 11) is 0. The molecular weight excluding hydrogens is 378 g/mol. The van der Waals surface area contributed by atoms with E-state index in [4.69, 9.17) is 0 Å². The number of benzene rings is 1. The van der Waals surface area contributed by atoms with Crippen LogP contribution in [-0.4, -0.2) is 62.1 Å². The topological polar surface area (TPSA) is 94.4 Å². The summed E-state index contributed by atoms with van der Waals surface area (Å²) >= 11 is 0. The highest BCUT2D eigenvalue weighted by Crippen LogP contribution is 2.36. The number of aliphatic hydroxyl groups is 1. The second-order valence-electron chi connectivity index (χ2n) is 8.28. The summed E-state index contributed by atoms with van der Waals surface area (Å²) in [5.41, 5.74) is 3.91. The van der Waals surface area contributed by atoms with E-state index in [9.17, 15) is 10.2 Å². The van der Waals surface area contributed by atoms with Crippen molar-refractivity contribution in [2.45, 2.75) is 45.7 Å². The minimum absolute atomic E-state index is 0.147. The van der Waals surface area contributed by atoms with Gasteiger partial charge < -0.3 is 15.5 Å². The Balaban J connectivity index is 1.70. The second kappa shape index (κ2) is 8.53. The maximum absolute atomic E-state index is 10.6.